The van der Waals surface area contributed by atoms with Gasteiger partial charge in [0.05, 0.1) is 12.2 Å². The van der Waals surface area contributed by atoms with E-state index in [1.54, 1.807) is 0 Å². The molecule has 0 aromatic carbocycles. The average molecular weight is 240 g/mol. The van der Waals surface area contributed by atoms with E-state index in [-0.39, 0.29) is 5.60 Å². The van der Waals surface area contributed by atoms with Crippen molar-refractivity contribution in [1.82, 2.24) is 10.2 Å². The summed E-state index contributed by atoms with van der Waals surface area (Å²) in [7, 11) is 0. The molecule has 0 saturated carbocycles. The highest BCUT2D eigenvalue weighted by Crippen LogP contribution is 2.35. The van der Waals surface area contributed by atoms with Crippen molar-refractivity contribution in [2.45, 2.75) is 43.9 Å². The highest BCUT2D eigenvalue weighted by atomic mass is 16.6. The first-order valence-corrected chi connectivity index (χ1v) is 6.97. The molecule has 0 aliphatic carbocycles. The van der Waals surface area contributed by atoms with E-state index in [2.05, 4.69) is 17.1 Å². The Hall–Kier alpha value is -0.160. The van der Waals surface area contributed by atoms with Gasteiger partial charge in [0.2, 0.25) is 0 Å². The summed E-state index contributed by atoms with van der Waals surface area (Å²) < 4.78 is 11.6. The molecule has 98 valence electrons. The number of rotatable bonds is 1. The van der Waals surface area contributed by atoms with Crippen LogP contribution < -0.4 is 5.32 Å². The van der Waals surface area contributed by atoms with Gasteiger partial charge in [0.15, 0.2) is 0 Å². The zero-order valence-electron chi connectivity index (χ0n) is 10.8. The van der Waals surface area contributed by atoms with Crippen LogP contribution >= 0.6 is 0 Å². The summed E-state index contributed by atoms with van der Waals surface area (Å²) in [5.74, 6) is 0. The molecule has 3 fully saturated rings. The molecule has 0 bridgehead atoms. The Morgan fingerprint density at radius 2 is 2.29 bits per heavy atom. The summed E-state index contributed by atoms with van der Waals surface area (Å²) in [4.78, 5) is 2.68. The average Bonchev–Trinajstić information content (AvgIpc) is 2.78. The van der Waals surface area contributed by atoms with Crippen LogP contribution in [0.25, 0.3) is 0 Å². The van der Waals surface area contributed by atoms with Crippen molar-refractivity contribution in [1.29, 1.82) is 0 Å². The first-order valence-electron chi connectivity index (χ1n) is 6.97. The van der Waals surface area contributed by atoms with E-state index in [9.17, 15) is 0 Å². The Morgan fingerprint density at radius 1 is 1.35 bits per heavy atom. The standard InChI is InChI=1S/C13H24N2O2/c1-11-9-14-4-5-15(11)12-2-6-17-13(8-12)3-7-16-10-13/h11-12,14H,2-10H2,1H3/t11-,12?,13?/m1/s1. The molecule has 0 aromatic rings. The van der Waals surface area contributed by atoms with Crippen molar-refractivity contribution in [3.63, 3.8) is 0 Å². The van der Waals surface area contributed by atoms with E-state index >= 15 is 0 Å². The van der Waals surface area contributed by atoms with Gasteiger partial charge in [-0.25, -0.2) is 0 Å². The van der Waals surface area contributed by atoms with Gasteiger partial charge in [-0.05, 0) is 19.8 Å². The lowest BCUT2D eigenvalue weighted by Crippen LogP contribution is -2.57. The molecule has 2 unspecified atom stereocenters. The monoisotopic (exact) mass is 240 g/mol. The first kappa shape index (κ1) is 11.9. The fourth-order valence-electron chi connectivity index (χ4n) is 3.55. The third-order valence-electron chi connectivity index (χ3n) is 4.56. The molecule has 4 heteroatoms. The van der Waals surface area contributed by atoms with E-state index in [0.29, 0.717) is 12.1 Å². The number of hydrogen-bond donors (Lipinski definition) is 1. The molecular weight excluding hydrogens is 216 g/mol. The minimum absolute atomic E-state index is 0.0491. The smallest absolute Gasteiger partial charge is 0.0951 e. The minimum Gasteiger partial charge on any atom is -0.378 e. The van der Waals surface area contributed by atoms with Gasteiger partial charge >= 0.3 is 0 Å². The van der Waals surface area contributed by atoms with Crippen molar-refractivity contribution in [3.05, 3.63) is 0 Å². The predicted octanol–water partition coefficient (Wildman–Crippen LogP) is 0.618. The maximum atomic E-state index is 6.02. The summed E-state index contributed by atoms with van der Waals surface area (Å²) in [5.41, 5.74) is 0.0491. The Labute approximate surface area is 104 Å². The number of piperazine rings is 1. The topological polar surface area (TPSA) is 33.7 Å². The quantitative estimate of drug-likeness (QED) is 0.728. The Bertz CT molecular complexity index is 266. The first-order chi connectivity index (χ1) is 8.29. The van der Waals surface area contributed by atoms with Crippen LogP contribution in [-0.4, -0.2) is 62.0 Å². The van der Waals surface area contributed by atoms with Gasteiger partial charge in [0.25, 0.3) is 0 Å². The maximum Gasteiger partial charge on any atom is 0.0951 e. The summed E-state index contributed by atoms with van der Waals surface area (Å²) in [6, 6.07) is 1.36. The van der Waals surface area contributed by atoms with Crippen LogP contribution in [0.1, 0.15) is 26.2 Å². The molecule has 0 radical (unpaired) electrons. The largest absolute Gasteiger partial charge is 0.378 e. The number of nitrogens with one attached hydrogen (secondary N) is 1. The second-order valence-electron chi connectivity index (χ2n) is 5.77. The van der Waals surface area contributed by atoms with Gasteiger partial charge in [-0.2, -0.15) is 0 Å². The van der Waals surface area contributed by atoms with Crippen LogP contribution in [0.4, 0.5) is 0 Å². The lowest BCUT2D eigenvalue weighted by molar-refractivity contribution is -0.112. The number of hydrogen-bond acceptors (Lipinski definition) is 4. The molecule has 3 saturated heterocycles. The second-order valence-corrected chi connectivity index (χ2v) is 5.77. The molecule has 17 heavy (non-hydrogen) atoms. The fraction of sp³-hybridized carbons (Fsp3) is 1.00. The van der Waals surface area contributed by atoms with Crippen LogP contribution in [0, 0.1) is 0 Å². The van der Waals surface area contributed by atoms with E-state index in [1.165, 1.54) is 13.0 Å². The Kier molecular flexibility index (Phi) is 3.39. The molecular formula is C13H24N2O2. The summed E-state index contributed by atoms with van der Waals surface area (Å²) in [5, 5.41) is 3.47. The summed E-state index contributed by atoms with van der Waals surface area (Å²) in [6.07, 6.45) is 3.44. The van der Waals surface area contributed by atoms with Gasteiger partial charge in [-0.3, -0.25) is 4.90 Å². The van der Waals surface area contributed by atoms with Gasteiger partial charge in [0.1, 0.15) is 0 Å². The van der Waals surface area contributed by atoms with E-state index in [0.717, 1.165) is 45.8 Å². The zero-order valence-corrected chi connectivity index (χ0v) is 10.8. The zero-order chi connectivity index (χ0) is 11.7. The predicted molar refractivity (Wildman–Crippen MR) is 66.2 cm³/mol. The lowest BCUT2D eigenvalue weighted by atomic mass is 9.88. The highest BCUT2D eigenvalue weighted by Gasteiger charge is 2.43. The molecule has 4 nitrogen and oxygen atoms in total. The van der Waals surface area contributed by atoms with Crippen LogP contribution in [0.5, 0.6) is 0 Å². The van der Waals surface area contributed by atoms with Crippen molar-refractivity contribution in [2.75, 3.05) is 39.5 Å². The number of ether oxygens (including phenoxy) is 2. The molecule has 1 spiro atoms. The lowest BCUT2D eigenvalue weighted by Gasteiger charge is -2.46. The van der Waals surface area contributed by atoms with Crippen LogP contribution in [-0.2, 0) is 9.47 Å². The third kappa shape index (κ3) is 2.36. The minimum atomic E-state index is 0.0491. The SMILES string of the molecule is C[C@@H]1CNCCN1C1CCOC2(CCOC2)C1. The molecule has 0 amide bonds. The van der Waals surface area contributed by atoms with E-state index in [1.807, 2.05) is 0 Å². The summed E-state index contributed by atoms with van der Waals surface area (Å²) >= 11 is 0. The second kappa shape index (κ2) is 4.84. The van der Waals surface area contributed by atoms with E-state index in [4.69, 9.17) is 9.47 Å². The van der Waals surface area contributed by atoms with Gasteiger partial charge < -0.3 is 14.8 Å². The van der Waals surface area contributed by atoms with Gasteiger partial charge in [-0.15, -0.1) is 0 Å². The molecule has 3 aliphatic rings. The van der Waals surface area contributed by atoms with Crippen molar-refractivity contribution in [3.8, 4) is 0 Å². The van der Waals surface area contributed by atoms with Crippen molar-refractivity contribution < 1.29 is 9.47 Å². The van der Waals surface area contributed by atoms with Crippen LogP contribution in [0.2, 0.25) is 0 Å². The Morgan fingerprint density at radius 3 is 3.06 bits per heavy atom. The molecule has 3 rings (SSSR count). The summed E-state index contributed by atoms with van der Waals surface area (Å²) in [6.45, 7) is 8.37. The molecule has 3 heterocycles. The molecule has 1 N–H and O–H groups in total. The Balaban J connectivity index is 1.66. The maximum absolute atomic E-state index is 6.02. The molecule has 3 aliphatic heterocycles. The normalized spacial score (nSPS) is 44.3. The van der Waals surface area contributed by atoms with Crippen molar-refractivity contribution in [2.24, 2.45) is 0 Å². The van der Waals surface area contributed by atoms with Gasteiger partial charge in [-0.1, -0.05) is 0 Å². The fourth-order valence-corrected chi connectivity index (χ4v) is 3.55. The van der Waals surface area contributed by atoms with Crippen molar-refractivity contribution >= 4 is 0 Å². The van der Waals surface area contributed by atoms with Crippen LogP contribution in [0.3, 0.4) is 0 Å². The number of nitrogens with zero attached hydrogens (tertiary/aromatic N) is 1. The van der Waals surface area contributed by atoms with Crippen LogP contribution in [0.15, 0.2) is 0 Å². The third-order valence-corrected chi connectivity index (χ3v) is 4.56. The molecule has 3 atom stereocenters. The van der Waals surface area contributed by atoms with Gasteiger partial charge in [0, 0.05) is 51.4 Å². The molecule has 0 aromatic heterocycles. The highest BCUT2D eigenvalue weighted by molar-refractivity contribution is 4.95. The van der Waals surface area contributed by atoms with E-state index < -0.39 is 0 Å².